The molecule has 3 atom stereocenters. The molecular weight excluding hydrogens is 470 g/mol. The van der Waals surface area contributed by atoms with E-state index in [1.54, 1.807) is 48.5 Å². The van der Waals surface area contributed by atoms with Crippen LogP contribution in [-0.2, 0) is 28.6 Å². The molecule has 0 aromatic heterocycles. The first-order chi connectivity index (χ1) is 17.2. The van der Waals surface area contributed by atoms with E-state index >= 15 is 0 Å². The van der Waals surface area contributed by atoms with Gasteiger partial charge in [-0.2, -0.15) is 0 Å². The number of hydrogen-bond donors (Lipinski definition) is 1. The standard InChI is InChI=1S/C26H25NO9/c1-14(28)27-23-19(18-9-10-20-21(11-18)33-13-32-20)12-22(36-26(31)17-7-5-4-6-8-17)24(34-15(2)29)25(23)35-16(3)30/h4-11,19,22-23H,12-13H2,1-3H3,(H,27,28)/t19-,22+,23-/m1/s1. The van der Waals surface area contributed by atoms with E-state index in [4.69, 9.17) is 23.7 Å². The summed E-state index contributed by atoms with van der Waals surface area (Å²) >= 11 is 0. The van der Waals surface area contributed by atoms with E-state index in [0.717, 1.165) is 0 Å². The Morgan fingerprint density at radius 1 is 0.861 bits per heavy atom. The van der Waals surface area contributed by atoms with E-state index in [0.29, 0.717) is 17.1 Å². The lowest BCUT2D eigenvalue weighted by atomic mass is 9.80. The Labute approximate surface area is 207 Å². The summed E-state index contributed by atoms with van der Waals surface area (Å²) in [5, 5.41) is 2.78. The topological polar surface area (TPSA) is 126 Å². The summed E-state index contributed by atoms with van der Waals surface area (Å²) in [4.78, 5) is 49.2. The van der Waals surface area contributed by atoms with E-state index in [1.807, 2.05) is 0 Å². The molecule has 10 heteroatoms. The van der Waals surface area contributed by atoms with Crippen molar-refractivity contribution in [2.45, 2.75) is 45.3 Å². The molecule has 1 aliphatic carbocycles. The van der Waals surface area contributed by atoms with E-state index in [2.05, 4.69) is 5.32 Å². The molecule has 188 valence electrons. The van der Waals surface area contributed by atoms with Crippen LogP contribution >= 0.6 is 0 Å². The molecule has 1 N–H and O–H groups in total. The highest BCUT2D eigenvalue weighted by Crippen LogP contribution is 2.43. The third kappa shape index (κ3) is 5.48. The number of amides is 1. The van der Waals surface area contributed by atoms with Crippen molar-refractivity contribution in [3.63, 3.8) is 0 Å². The normalized spacial score (nSPS) is 20.4. The molecule has 0 fully saturated rings. The number of carbonyl (C=O) groups is 4. The molecule has 10 nitrogen and oxygen atoms in total. The van der Waals surface area contributed by atoms with Gasteiger partial charge >= 0.3 is 17.9 Å². The molecule has 2 aromatic carbocycles. The van der Waals surface area contributed by atoms with Crippen molar-refractivity contribution in [2.24, 2.45) is 0 Å². The van der Waals surface area contributed by atoms with Crippen LogP contribution in [0.25, 0.3) is 0 Å². The minimum atomic E-state index is -1.10. The molecule has 0 unspecified atom stereocenters. The fourth-order valence-electron chi connectivity index (χ4n) is 4.24. The lowest BCUT2D eigenvalue weighted by Crippen LogP contribution is -2.47. The highest BCUT2D eigenvalue weighted by molar-refractivity contribution is 5.89. The SMILES string of the molecule is CC(=O)N[C@H]1C(OC(C)=O)=C(OC(C)=O)[C@@H](OC(=O)c2ccccc2)C[C@@H]1c1ccc2c(c1)OCO2. The van der Waals surface area contributed by atoms with Gasteiger partial charge in [-0.05, 0) is 29.8 Å². The van der Waals surface area contributed by atoms with Gasteiger partial charge in [0.05, 0.1) is 11.6 Å². The molecule has 36 heavy (non-hydrogen) atoms. The number of hydrogen-bond acceptors (Lipinski definition) is 9. The lowest BCUT2D eigenvalue weighted by molar-refractivity contribution is -0.144. The largest absolute Gasteiger partial charge is 0.454 e. The Hall–Kier alpha value is -4.34. The monoisotopic (exact) mass is 495 g/mol. The van der Waals surface area contributed by atoms with E-state index in [1.165, 1.54) is 20.8 Å². The summed E-state index contributed by atoms with van der Waals surface area (Å²) < 4.78 is 27.6. The Morgan fingerprint density at radius 3 is 2.19 bits per heavy atom. The second-order valence-electron chi connectivity index (χ2n) is 8.31. The smallest absolute Gasteiger partial charge is 0.338 e. The Balaban J connectivity index is 1.81. The van der Waals surface area contributed by atoms with Crippen LogP contribution in [0.3, 0.4) is 0 Å². The van der Waals surface area contributed by atoms with Crippen LogP contribution in [0, 0.1) is 0 Å². The van der Waals surface area contributed by atoms with Gasteiger partial charge in [-0.3, -0.25) is 14.4 Å². The quantitative estimate of drug-likeness (QED) is 0.475. The third-order valence-electron chi connectivity index (χ3n) is 5.64. The average Bonchev–Trinajstić information content (AvgIpc) is 3.30. The van der Waals surface area contributed by atoms with Crippen LogP contribution in [0.1, 0.15) is 49.0 Å². The molecule has 2 aromatic rings. The van der Waals surface area contributed by atoms with Gasteiger partial charge < -0.3 is 29.0 Å². The fourth-order valence-corrected chi connectivity index (χ4v) is 4.24. The van der Waals surface area contributed by atoms with Crippen molar-refractivity contribution in [1.29, 1.82) is 0 Å². The van der Waals surface area contributed by atoms with Crippen LogP contribution < -0.4 is 14.8 Å². The summed E-state index contributed by atoms with van der Waals surface area (Å²) in [7, 11) is 0. The van der Waals surface area contributed by atoms with Gasteiger partial charge in [0.25, 0.3) is 0 Å². The molecule has 0 radical (unpaired) electrons. The van der Waals surface area contributed by atoms with E-state index in [9.17, 15) is 19.2 Å². The van der Waals surface area contributed by atoms with E-state index in [-0.39, 0.29) is 30.3 Å². The molecule has 0 bridgehead atoms. The molecule has 0 saturated heterocycles. The van der Waals surface area contributed by atoms with Gasteiger partial charge in [0, 0.05) is 33.1 Å². The van der Waals surface area contributed by atoms with Gasteiger partial charge in [0.15, 0.2) is 29.1 Å². The molecule has 1 aliphatic heterocycles. The van der Waals surface area contributed by atoms with Gasteiger partial charge in [-0.15, -0.1) is 0 Å². The number of fused-ring (bicyclic) bond motifs is 1. The molecule has 0 saturated carbocycles. The Bertz CT molecular complexity index is 1220. The van der Waals surface area contributed by atoms with Gasteiger partial charge in [-0.25, -0.2) is 4.79 Å². The number of rotatable bonds is 6. The second-order valence-corrected chi connectivity index (χ2v) is 8.31. The number of benzene rings is 2. The predicted molar refractivity (Wildman–Crippen MR) is 124 cm³/mol. The molecule has 1 heterocycles. The number of esters is 3. The highest BCUT2D eigenvalue weighted by Gasteiger charge is 2.44. The molecule has 4 rings (SSSR count). The predicted octanol–water partition coefficient (Wildman–Crippen LogP) is 2.97. The average molecular weight is 495 g/mol. The first kappa shape index (κ1) is 24.8. The minimum Gasteiger partial charge on any atom is -0.454 e. The van der Waals surface area contributed by atoms with Crippen molar-refractivity contribution in [1.82, 2.24) is 5.32 Å². The number of nitrogens with one attached hydrogen (secondary N) is 1. The molecular formula is C26H25NO9. The van der Waals surface area contributed by atoms with Crippen molar-refractivity contribution >= 4 is 23.8 Å². The minimum absolute atomic E-state index is 0.0745. The van der Waals surface area contributed by atoms with Crippen LogP contribution in [0.4, 0.5) is 0 Å². The van der Waals surface area contributed by atoms with Crippen molar-refractivity contribution < 1.29 is 42.9 Å². The van der Waals surface area contributed by atoms with Crippen LogP contribution in [0.2, 0.25) is 0 Å². The summed E-state index contributed by atoms with van der Waals surface area (Å²) in [6.07, 6.45) is -0.993. The maximum Gasteiger partial charge on any atom is 0.338 e. The zero-order valence-electron chi connectivity index (χ0n) is 19.9. The first-order valence-electron chi connectivity index (χ1n) is 11.3. The zero-order valence-corrected chi connectivity index (χ0v) is 19.9. The van der Waals surface area contributed by atoms with Crippen LogP contribution in [0.15, 0.2) is 60.0 Å². The van der Waals surface area contributed by atoms with E-state index < -0.39 is 41.9 Å². The summed E-state index contributed by atoms with van der Waals surface area (Å²) in [5.74, 6) is -2.23. The fraction of sp³-hybridized carbons (Fsp3) is 0.308. The zero-order chi connectivity index (χ0) is 25.8. The van der Waals surface area contributed by atoms with Crippen LogP contribution in [0.5, 0.6) is 11.5 Å². The Morgan fingerprint density at radius 2 is 1.53 bits per heavy atom. The lowest BCUT2D eigenvalue weighted by Gasteiger charge is -2.37. The molecule has 0 spiro atoms. The van der Waals surface area contributed by atoms with Crippen molar-refractivity contribution in [3.05, 3.63) is 71.2 Å². The summed E-state index contributed by atoms with van der Waals surface area (Å²) in [6, 6.07) is 12.7. The first-order valence-corrected chi connectivity index (χ1v) is 11.3. The maximum atomic E-state index is 12.9. The van der Waals surface area contributed by atoms with Crippen molar-refractivity contribution in [2.75, 3.05) is 6.79 Å². The highest BCUT2D eigenvalue weighted by atomic mass is 16.7. The summed E-state index contributed by atoms with van der Waals surface area (Å²) in [5.41, 5.74) is 0.989. The summed E-state index contributed by atoms with van der Waals surface area (Å²) in [6.45, 7) is 3.74. The van der Waals surface area contributed by atoms with Crippen LogP contribution in [-0.4, -0.2) is 42.8 Å². The Kier molecular flexibility index (Phi) is 7.23. The molecule has 2 aliphatic rings. The van der Waals surface area contributed by atoms with Gasteiger partial charge in [0.2, 0.25) is 12.7 Å². The maximum absolute atomic E-state index is 12.9. The van der Waals surface area contributed by atoms with Gasteiger partial charge in [-0.1, -0.05) is 24.3 Å². The number of ether oxygens (including phenoxy) is 5. The number of carbonyl (C=O) groups excluding carboxylic acids is 4. The second kappa shape index (κ2) is 10.5. The molecule has 1 amide bonds. The van der Waals surface area contributed by atoms with Crippen molar-refractivity contribution in [3.8, 4) is 11.5 Å². The third-order valence-corrected chi connectivity index (χ3v) is 5.64. The van der Waals surface area contributed by atoms with Gasteiger partial charge in [0.1, 0.15) is 0 Å².